The third-order valence-electron chi connectivity index (χ3n) is 3.75. The molecule has 0 aliphatic carbocycles. The lowest BCUT2D eigenvalue weighted by atomic mass is 9.99. The highest BCUT2D eigenvalue weighted by atomic mass is 16.7. The predicted octanol–water partition coefficient (Wildman–Crippen LogP) is -3.69. The van der Waals surface area contributed by atoms with Gasteiger partial charge >= 0.3 is 0 Å². The van der Waals surface area contributed by atoms with Crippen molar-refractivity contribution in [2.75, 3.05) is 19.8 Å². The van der Waals surface area contributed by atoms with Crippen LogP contribution >= 0.6 is 0 Å². The molecule has 2 aliphatic rings. The van der Waals surface area contributed by atoms with Crippen molar-refractivity contribution in [2.45, 2.75) is 55.4 Å². The summed E-state index contributed by atoms with van der Waals surface area (Å²) in [5.74, 6) is 0. The smallest absolute Gasteiger partial charge is 0.186 e. The lowest BCUT2D eigenvalue weighted by Crippen LogP contribution is -2.59. The van der Waals surface area contributed by atoms with Gasteiger partial charge in [0.2, 0.25) is 0 Å². The quantitative estimate of drug-likeness (QED) is 0.308. The van der Waals surface area contributed by atoms with Gasteiger partial charge in [-0.3, -0.25) is 0 Å². The molecule has 0 aromatic rings. The highest BCUT2D eigenvalue weighted by Crippen LogP contribution is 2.23. The van der Waals surface area contributed by atoms with Gasteiger partial charge in [0, 0.05) is 6.42 Å². The summed E-state index contributed by atoms with van der Waals surface area (Å²) >= 11 is 0. The molecule has 0 amide bonds. The maximum Gasteiger partial charge on any atom is 0.186 e. The minimum Gasteiger partial charge on any atom is -0.394 e. The van der Waals surface area contributed by atoms with E-state index in [1.807, 2.05) is 0 Å². The maximum absolute atomic E-state index is 9.77. The SMILES string of the molecule is OC[C@H]1O[C@H](OC[C@@H]2C[C@H](O)[C@H](O)CO2)[C@@H](O)[C@@H](O)[C@@H]1O. The zero-order valence-electron chi connectivity index (χ0n) is 11.4. The molecule has 124 valence electrons. The Bertz CT molecular complexity index is 326. The molecule has 21 heavy (non-hydrogen) atoms. The molecular formula is C12H22O9. The van der Waals surface area contributed by atoms with Gasteiger partial charge in [-0.1, -0.05) is 0 Å². The normalized spacial score (nSPS) is 48.3. The van der Waals surface area contributed by atoms with E-state index in [4.69, 9.17) is 19.3 Å². The summed E-state index contributed by atoms with van der Waals surface area (Å²) in [7, 11) is 0. The second-order valence-electron chi connectivity index (χ2n) is 5.36. The van der Waals surface area contributed by atoms with E-state index >= 15 is 0 Å². The van der Waals surface area contributed by atoms with Crippen LogP contribution in [0.5, 0.6) is 0 Å². The van der Waals surface area contributed by atoms with Crippen LogP contribution in [0.3, 0.4) is 0 Å². The Morgan fingerprint density at radius 3 is 2.29 bits per heavy atom. The standard InChI is InChI=1S/C12H22O9/c13-2-8-9(16)10(17)11(18)12(21-8)20-3-5-1-6(14)7(15)4-19-5/h5-18H,1-4H2/t5-,6-,7+,8+,9+,10-,11-,12-/m0/s1. The summed E-state index contributed by atoms with van der Waals surface area (Å²) < 4.78 is 15.7. The van der Waals surface area contributed by atoms with E-state index in [1.165, 1.54) is 0 Å². The molecule has 9 nitrogen and oxygen atoms in total. The van der Waals surface area contributed by atoms with Gasteiger partial charge in [-0.2, -0.15) is 0 Å². The van der Waals surface area contributed by atoms with Crippen molar-refractivity contribution in [3.8, 4) is 0 Å². The van der Waals surface area contributed by atoms with Gasteiger partial charge in [0.1, 0.15) is 30.5 Å². The molecule has 0 aromatic heterocycles. The van der Waals surface area contributed by atoms with E-state index < -0.39 is 55.6 Å². The summed E-state index contributed by atoms with van der Waals surface area (Å²) in [5, 5.41) is 56.9. The summed E-state index contributed by atoms with van der Waals surface area (Å²) in [6, 6.07) is 0. The molecule has 2 rings (SSSR count). The number of aliphatic hydroxyl groups excluding tert-OH is 6. The molecule has 0 spiro atoms. The first-order valence-electron chi connectivity index (χ1n) is 6.84. The van der Waals surface area contributed by atoms with Crippen LogP contribution < -0.4 is 0 Å². The fourth-order valence-electron chi connectivity index (χ4n) is 2.36. The average molecular weight is 310 g/mol. The Labute approximate surface area is 121 Å². The highest BCUT2D eigenvalue weighted by molar-refractivity contribution is 4.89. The Balaban J connectivity index is 1.84. The van der Waals surface area contributed by atoms with Crippen molar-refractivity contribution in [1.29, 1.82) is 0 Å². The Kier molecular flexibility index (Phi) is 5.88. The second-order valence-corrected chi connectivity index (χ2v) is 5.36. The summed E-state index contributed by atoms with van der Waals surface area (Å²) in [6.45, 7) is -0.591. The first-order valence-corrected chi connectivity index (χ1v) is 6.84. The molecule has 6 N–H and O–H groups in total. The zero-order valence-corrected chi connectivity index (χ0v) is 11.4. The van der Waals surface area contributed by atoms with Gasteiger partial charge in [-0.05, 0) is 0 Å². The predicted molar refractivity (Wildman–Crippen MR) is 66.1 cm³/mol. The first kappa shape index (κ1) is 17.0. The monoisotopic (exact) mass is 310 g/mol. The van der Waals surface area contributed by atoms with Gasteiger partial charge in [0.15, 0.2) is 6.29 Å². The van der Waals surface area contributed by atoms with Gasteiger partial charge < -0.3 is 44.8 Å². The fourth-order valence-corrected chi connectivity index (χ4v) is 2.36. The van der Waals surface area contributed by atoms with Crippen LogP contribution in [0.15, 0.2) is 0 Å². The van der Waals surface area contributed by atoms with E-state index in [2.05, 4.69) is 0 Å². The van der Waals surface area contributed by atoms with Gasteiger partial charge in [-0.25, -0.2) is 0 Å². The van der Waals surface area contributed by atoms with Crippen LogP contribution in [0, 0.1) is 0 Å². The number of rotatable bonds is 4. The number of hydrogen-bond donors (Lipinski definition) is 6. The molecule has 8 atom stereocenters. The molecule has 9 heteroatoms. The minimum absolute atomic E-state index is 0.0239. The molecule has 0 aromatic carbocycles. The Hall–Kier alpha value is -0.360. The average Bonchev–Trinajstić information content (AvgIpc) is 2.47. The topological polar surface area (TPSA) is 149 Å². The lowest BCUT2D eigenvalue weighted by Gasteiger charge is -2.40. The Morgan fingerprint density at radius 1 is 0.952 bits per heavy atom. The van der Waals surface area contributed by atoms with E-state index in [-0.39, 0.29) is 19.6 Å². The molecular weight excluding hydrogens is 288 g/mol. The molecule has 2 fully saturated rings. The van der Waals surface area contributed by atoms with Crippen molar-refractivity contribution in [2.24, 2.45) is 0 Å². The lowest BCUT2D eigenvalue weighted by molar-refractivity contribution is -0.307. The molecule has 2 heterocycles. The fraction of sp³-hybridized carbons (Fsp3) is 1.00. The summed E-state index contributed by atoms with van der Waals surface area (Å²) in [4.78, 5) is 0. The maximum atomic E-state index is 9.77. The van der Waals surface area contributed by atoms with Crippen LogP contribution in [0.25, 0.3) is 0 Å². The van der Waals surface area contributed by atoms with Crippen molar-refractivity contribution in [3.05, 3.63) is 0 Å². The summed E-state index contributed by atoms with van der Waals surface area (Å²) in [6.07, 6.45) is -8.85. The molecule has 0 radical (unpaired) electrons. The molecule has 2 aliphatic heterocycles. The molecule has 0 bridgehead atoms. The van der Waals surface area contributed by atoms with Crippen molar-refractivity contribution >= 4 is 0 Å². The third kappa shape index (κ3) is 3.89. The molecule has 0 unspecified atom stereocenters. The van der Waals surface area contributed by atoms with Crippen molar-refractivity contribution in [1.82, 2.24) is 0 Å². The first-order chi connectivity index (χ1) is 9.93. The number of hydrogen-bond acceptors (Lipinski definition) is 9. The van der Waals surface area contributed by atoms with Gasteiger partial charge in [-0.15, -0.1) is 0 Å². The summed E-state index contributed by atoms with van der Waals surface area (Å²) in [5.41, 5.74) is 0. The number of aliphatic hydroxyl groups is 6. The molecule has 2 saturated heterocycles. The van der Waals surface area contributed by atoms with Crippen LogP contribution in [-0.4, -0.2) is 99.5 Å². The second kappa shape index (κ2) is 7.27. The van der Waals surface area contributed by atoms with Crippen LogP contribution in [0.2, 0.25) is 0 Å². The zero-order chi connectivity index (χ0) is 15.6. The van der Waals surface area contributed by atoms with Gasteiger partial charge in [0.25, 0.3) is 0 Å². The van der Waals surface area contributed by atoms with E-state index in [9.17, 15) is 25.5 Å². The number of ether oxygens (including phenoxy) is 3. The molecule has 0 saturated carbocycles. The Morgan fingerprint density at radius 2 is 1.67 bits per heavy atom. The van der Waals surface area contributed by atoms with E-state index in [0.717, 1.165) is 0 Å². The van der Waals surface area contributed by atoms with Crippen LogP contribution in [0.1, 0.15) is 6.42 Å². The third-order valence-corrected chi connectivity index (χ3v) is 3.75. The largest absolute Gasteiger partial charge is 0.394 e. The van der Waals surface area contributed by atoms with E-state index in [0.29, 0.717) is 0 Å². The highest BCUT2D eigenvalue weighted by Gasteiger charge is 2.44. The van der Waals surface area contributed by atoms with Crippen molar-refractivity contribution in [3.63, 3.8) is 0 Å². The van der Waals surface area contributed by atoms with Crippen LogP contribution in [-0.2, 0) is 14.2 Å². The van der Waals surface area contributed by atoms with Crippen molar-refractivity contribution < 1.29 is 44.8 Å². The van der Waals surface area contributed by atoms with Crippen LogP contribution in [0.4, 0.5) is 0 Å². The van der Waals surface area contributed by atoms with E-state index in [1.54, 1.807) is 0 Å². The van der Waals surface area contributed by atoms with Gasteiger partial charge in [0.05, 0.1) is 32.0 Å². The minimum atomic E-state index is -1.50.